The molecule has 0 aromatic rings. The summed E-state index contributed by atoms with van der Waals surface area (Å²) in [6.45, 7) is 4.10. The number of nitrogens with one attached hydrogen (secondary N) is 1. The first-order chi connectivity index (χ1) is 6.36. The highest BCUT2D eigenvalue weighted by molar-refractivity contribution is 4.70. The Balaban J connectivity index is 2.09. The molecule has 3 heteroatoms. The van der Waals surface area contributed by atoms with Gasteiger partial charge in [0.2, 0.25) is 0 Å². The third-order valence-corrected chi connectivity index (χ3v) is 2.62. The standard InChI is InChI=1S/C10H21NO2/c1-2-9(8-12)11-7-10-5-3-4-6-13-10/h9-12H,2-8H2,1H3. The van der Waals surface area contributed by atoms with Crippen LogP contribution in [0.3, 0.4) is 0 Å². The van der Waals surface area contributed by atoms with Gasteiger partial charge in [0.25, 0.3) is 0 Å². The minimum Gasteiger partial charge on any atom is -0.395 e. The van der Waals surface area contributed by atoms with E-state index >= 15 is 0 Å². The third kappa shape index (κ3) is 4.07. The predicted octanol–water partition coefficient (Wildman–Crippen LogP) is 0.916. The monoisotopic (exact) mass is 187 g/mol. The van der Waals surface area contributed by atoms with Gasteiger partial charge in [-0.15, -0.1) is 0 Å². The molecule has 0 aromatic heterocycles. The fraction of sp³-hybridized carbons (Fsp3) is 1.00. The van der Waals surface area contributed by atoms with Crippen molar-refractivity contribution >= 4 is 0 Å². The second-order valence-electron chi connectivity index (χ2n) is 3.68. The Morgan fingerprint density at radius 3 is 2.92 bits per heavy atom. The van der Waals surface area contributed by atoms with Gasteiger partial charge >= 0.3 is 0 Å². The molecule has 0 radical (unpaired) electrons. The van der Waals surface area contributed by atoms with Crippen molar-refractivity contribution in [1.29, 1.82) is 0 Å². The van der Waals surface area contributed by atoms with E-state index in [1.807, 2.05) is 0 Å². The van der Waals surface area contributed by atoms with Crippen molar-refractivity contribution in [2.45, 2.75) is 44.8 Å². The van der Waals surface area contributed by atoms with E-state index in [-0.39, 0.29) is 12.6 Å². The molecule has 1 heterocycles. The van der Waals surface area contributed by atoms with Gasteiger partial charge < -0.3 is 15.2 Å². The van der Waals surface area contributed by atoms with Crippen molar-refractivity contribution in [2.75, 3.05) is 19.8 Å². The van der Waals surface area contributed by atoms with Crippen LogP contribution in [0.1, 0.15) is 32.6 Å². The number of hydrogen-bond donors (Lipinski definition) is 2. The second kappa shape index (κ2) is 6.35. The van der Waals surface area contributed by atoms with Crippen LogP contribution in [0.4, 0.5) is 0 Å². The average Bonchev–Trinajstić information content (AvgIpc) is 2.21. The van der Waals surface area contributed by atoms with Crippen molar-refractivity contribution in [3.8, 4) is 0 Å². The Hall–Kier alpha value is -0.120. The zero-order chi connectivity index (χ0) is 9.52. The smallest absolute Gasteiger partial charge is 0.0699 e. The van der Waals surface area contributed by atoms with Gasteiger partial charge in [0, 0.05) is 19.2 Å². The number of hydrogen-bond acceptors (Lipinski definition) is 3. The maximum Gasteiger partial charge on any atom is 0.0699 e. The minimum absolute atomic E-state index is 0.225. The van der Waals surface area contributed by atoms with Gasteiger partial charge in [0.15, 0.2) is 0 Å². The van der Waals surface area contributed by atoms with E-state index in [4.69, 9.17) is 9.84 Å². The van der Waals surface area contributed by atoms with Crippen LogP contribution in [-0.2, 0) is 4.74 Å². The maximum atomic E-state index is 8.95. The van der Waals surface area contributed by atoms with Gasteiger partial charge in [-0.3, -0.25) is 0 Å². The Labute approximate surface area is 80.5 Å². The summed E-state index contributed by atoms with van der Waals surface area (Å²) in [5.74, 6) is 0. The van der Waals surface area contributed by atoms with E-state index in [1.54, 1.807) is 0 Å². The molecule has 0 amide bonds. The highest BCUT2D eigenvalue weighted by Crippen LogP contribution is 2.11. The first-order valence-corrected chi connectivity index (χ1v) is 5.32. The van der Waals surface area contributed by atoms with E-state index in [9.17, 15) is 0 Å². The van der Waals surface area contributed by atoms with Gasteiger partial charge in [-0.2, -0.15) is 0 Å². The molecule has 2 N–H and O–H groups in total. The molecule has 1 fully saturated rings. The van der Waals surface area contributed by atoms with Crippen molar-refractivity contribution in [1.82, 2.24) is 5.32 Å². The molecular weight excluding hydrogens is 166 g/mol. The summed E-state index contributed by atoms with van der Waals surface area (Å²) in [6.07, 6.45) is 4.99. The minimum atomic E-state index is 0.225. The average molecular weight is 187 g/mol. The van der Waals surface area contributed by atoms with Crippen LogP contribution in [0.2, 0.25) is 0 Å². The van der Waals surface area contributed by atoms with Crippen molar-refractivity contribution in [2.24, 2.45) is 0 Å². The van der Waals surface area contributed by atoms with Crippen LogP contribution in [0.25, 0.3) is 0 Å². The van der Waals surface area contributed by atoms with Crippen molar-refractivity contribution in [3.63, 3.8) is 0 Å². The summed E-state index contributed by atoms with van der Waals surface area (Å²) in [4.78, 5) is 0. The highest BCUT2D eigenvalue weighted by Gasteiger charge is 2.14. The molecule has 0 bridgehead atoms. The third-order valence-electron chi connectivity index (χ3n) is 2.62. The normalized spacial score (nSPS) is 25.8. The molecule has 1 saturated heterocycles. The summed E-state index contributed by atoms with van der Waals surface area (Å²) < 4.78 is 5.57. The fourth-order valence-electron chi connectivity index (χ4n) is 1.60. The molecule has 3 nitrogen and oxygen atoms in total. The molecule has 1 aliphatic rings. The first-order valence-electron chi connectivity index (χ1n) is 5.32. The van der Waals surface area contributed by atoms with E-state index < -0.39 is 0 Å². The summed E-state index contributed by atoms with van der Waals surface area (Å²) in [5, 5.41) is 12.3. The largest absolute Gasteiger partial charge is 0.395 e. The van der Waals surface area contributed by atoms with Crippen LogP contribution < -0.4 is 5.32 Å². The van der Waals surface area contributed by atoms with E-state index in [0.29, 0.717) is 6.10 Å². The zero-order valence-electron chi connectivity index (χ0n) is 8.46. The molecule has 0 aromatic carbocycles. The first kappa shape index (κ1) is 11.0. The molecule has 0 spiro atoms. The molecule has 0 aliphatic carbocycles. The molecule has 2 atom stereocenters. The lowest BCUT2D eigenvalue weighted by Gasteiger charge is -2.24. The highest BCUT2D eigenvalue weighted by atomic mass is 16.5. The number of aliphatic hydroxyl groups excluding tert-OH is 1. The zero-order valence-corrected chi connectivity index (χ0v) is 8.46. The SMILES string of the molecule is CCC(CO)NCC1CCCCO1. The lowest BCUT2D eigenvalue weighted by atomic mass is 10.1. The Bertz CT molecular complexity index is 120. The van der Waals surface area contributed by atoms with Crippen molar-refractivity contribution in [3.05, 3.63) is 0 Å². The summed E-state index contributed by atoms with van der Waals surface area (Å²) >= 11 is 0. The molecule has 2 unspecified atom stereocenters. The number of ether oxygens (including phenoxy) is 1. The van der Waals surface area contributed by atoms with Crippen LogP contribution in [0.5, 0.6) is 0 Å². The summed E-state index contributed by atoms with van der Waals surface area (Å²) in [5.41, 5.74) is 0. The second-order valence-corrected chi connectivity index (χ2v) is 3.68. The van der Waals surface area contributed by atoms with Crippen LogP contribution in [0.15, 0.2) is 0 Å². The van der Waals surface area contributed by atoms with E-state index in [1.165, 1.54) is 12.8 Å². The summed E-state index contributed by atoms with van der Waals surface area (Å²) in [7, 11) is 0. The van der Waals surface area contributed by atoms with Gasteiger partial charge in [-0.1, -0.05) is 6.92 Å². The van der Waals surface area contributed by atoms with Gasteiger partial charge in [-0.05, 0) is 25.7 Å². The Morgan fingerprint density at radius 2 is 2.38 bits per heavy atom. The number of rotatable bonds is 5. The Morgan fingerprint density at radius 1 is 1.54 bits per heavy atom. The Kier molecular flexibility index (Phi) is 5.35. The van der Waals surface area contributed by atoms with Gasteiger partial charge in [0.1, 0.15) is 0 Å². The topological polar surface area (TPSA) is 41.5 Å². The van der Waals surface area contributed by atoms with Gasteiger partial charge in [-0.25, -0.2) is 0 Å². The molecule has 1 aliphatic heterocycles. The maximum absolute atomic E-state index is 8.95. The van der Waals surface area contributed by atoms with Crippen LogP contribution in [0, 0.1) is 0 Å². The molecule has 78 valence electrons. The predicted molar refractivity (Wildman–Crippen MR) is 52.8 cm³/mol. The van der Waals surface area contributed by atoms with Crippen LogP contribution >= 0.6 is 0 Å². The molecule has 0 saturated carbocycles. The molecular formula is C10H21NO2. The number of aliphatic hydroxyl groups is 1. The van der Waals surface area contributed by atoms with Crippen LogP contribution in [-0.4, -0.2) is 37.0 Å². The summed E-state index contributed by atoms with van der Waals surface area (Å²) in [6, 6.07) is 0.241. The molecule has 13 heavy (non-hydrogen) atoms. The van der Waals surface area contributed by atoms with Gasteiger partial charge in [0.05, 0.1) is 12.7 Å². The van der Waals surface area contributed by atoms with E-state index in [2.05, 4.69) is 12.2 Å². The quantitative estimate of drug-likeness (QED) is 0.672. The van der Waals surface area contributed by atoms with Crippen molar-refractivity contribution < 1.29 is 9.84 Å². The molecule has 1 rings (SSSR count). The fourth-order valence-corrected chi connectivity index (χ4v) is 1.60. The lowest BCUT2D eigenvalue weighted by molar-refractivity contribution is 0.0141. The lowest BCUT2D eigenvalue weighted by Crippen LogP contribution is -2.39. The van der Waals surface area contributed by atoms with E-state index in [0.717, 1.165) is 26.0 Å².